The van der Waals surface area contributed by atoms with Crippen molar-refractivity contribution in [2.45, 2.75) is 6.04 Å². The molecule has 0 aliphatic heterocycles. The molecule has 0 radical (unpaired) electrons. The van der Waals surface area contributed by atoms with E-state index in [0.29, 0.717) is 10.6 Å². The molecule has 0 bridgehead atoms. The van der Waals surface area contributed by atoms with Gasteiger partial charge in [-0.3, -0.25) is 0 Å². The number of carboxylic acid groups (broad SMARTS) is 1. The number of rotatable bonds is 5. The van der Waals surface area contributed by atoms with Crippen LogP contribution in [0.1, 0.15) is 11.6 Å². The first-order chi connectivity index (χ1) is 8.54. The molecular weight excluding hydrogens is 258 g/mol. The molecular formula is C12H12ClNO4. The Morgan fingerprint density at radius 2 is 2.06 bits per heavy atom. The molecule has 0 saturated carbocycles. The van der Waals surface area contributed by atoms with Gasteiger partial charge in [-0.25, -0.2) is 9.59 Å². The van der Waals surface area contributed by atoms with Crippen LogP contribution in [0.2, 0.25) is 5.02 Å². The van der Waals surface area contributed by atoms with Crippen molar-refractivity contribution < 1.29 is 19.4 Å². The molecule has 1 atom stereocenters. The molecule has 0 saturated heterocycles. The smallest absolute Gasteiger partial charge is 0.408 e. The number of amides is 1. The number of benzene rings is 1. The summed E-state index contributed by atoms with van der Waals surface area (Å²) in [5.41, 5.74) is 0.405. The first kappa shape index (κ1) is 14.1. The Labute approximate surface area is 109 Å². The van der Waals surface area contributed by atoms with Crippen molar-refractivity contribution in [3.8, 4) is 0 Å². The summed E-state index contributed by atoms with van der Waals surface area (Å²) in [7, 11) is 0. The largest absolute Gasteiger partial charge is 0.479 e. The molecule has 1 aromatic carbocycles. The van der Waals surface area contributed by atoms with Gasteiger partial charge in [-0.1, -0.05) is 36.4 Å². The minimum Gasteiger partial charge on any atom is -0.479 e. The Morgan fingerprint density at radius 1 is 1.44 bits per heavy atom. The minimum absolute atomic E-state index is 0.0127. The summed E-state index contributed by atoms with van der Waals surface area (Å²) in [6, 6.07) is 4.95. The Morgan fingerprint density at radius 3 is 2.56 bits per heavy atom. The lowest BCUT2D eigenvalue weighted by Gasteiger charge is -2.14. The van der Waals surface area contributed by atoms with Gasteiger partial charge in [-0.15, -0.1) is 0 Å². The quantitative estimate of drug-likeness (QED) is 0.805. The van der Waals surface area contributed by atoms with Crippen molar-refractivity contribution in [1.29, 1.82) is 0 Å². The molecule has 96 valence electrons. The minimum atomic E-state index is -1.19. The number of aliphatic carboxylic acids is 1. The zero-order valence-electron chi connectivity index (χ0n) is 9.43. The maximum absolute atomic E-state index is 11.3. The van der Waals surface area contributed by atoms with Crippen LogP contribution in [0.25, 0.3) is 0 Å². The van der Waals surface area contributed by atoms with Crippen LogP contribution in [-0.4, -0.2) is 23.8 Å². The number of nitrogens with one attached hydrogen (secondary N) is 1. The van der Waals surface area contributed by atoms with Crippen LogP contribution in [0.3, 0.4) is 0 Å². The van der Waals surface area contributed by atoms with Crippen LogP contribution in [0.4, 0.5) is 4.79 Å². The van der Waals surface area contributed by atoms with Crippen LogP contribution < -0.4 is 5.32 Å². The van der Waals surface area contributed by atoms with Gasteiger partial charge >= 0.3 is 12.1 Å². The topological polar surface area (TPSA) is 75.6 Å². The highest BCUT2D eigenvalue weighted by Crippen LogP contribution is 2.17. The number of alkyl carbamates (subject to hydrolysis) is 1. The molecule has 5 nitrogen and oxygen atoms in total. The second kappa shape index (κ2) is 6.66. The summed E-state index contributed by atoms with van der Waals surface area (Å²) in [6.45, 7) is 3.39. The Balaban J connectivity index is 2.77. The van der Waals surface area contributed by atoms with E-state index in [9.17, 15) is 9.59 Å². The van der Waals surface area contributed by atoms with Gasteiger partial charge in [-0.2, -0.15) is 0 Å². The third-order valence-electron chi connectivity index (χ3n) is 2.04. The van der Waals surface area contributed by atoms with Gasteiger partial charge < -0.3 is 15.2 Å². The second-order valence-corrected chi connectivity index (χ2v) is 3.79. The van der Waals surface area contributed by atoms with Crippen molar-refractivity contribution in [3.63, 3.8) is 0 Å². The van der Waals surface area contributed by atoms with Gasteiger partial charge in [0.2, 0.25) is 0 Å². The van der Waals surface area contributed by atoms with E-state index in [4.69, 9.17) is 16.7 Å². The van der Waals surface area contributed by atoms with Crippen LogP contribution in [-0.2, 0) is 9.53 Å². The lowest BCUT2D eigenvalue weighted by molar-refractivity contribution is -0.139. The predicted molar refractivity (Wildman–Crippen MR) is 66.5 cm³/mol. The molecule has 18 heavy (non-hydrogen) atoms. The number of hydrogen-bond donors (Lipinski definition) is 2. The average Bonchev–Trinajstić information content (AvgIpc) is 2.34. The van der Waals surface area contributed by atoms with E-state index in [1.165, 1.54) is 18.2 Å². The molecule has 0 spiro atoms. The summed E-state index contributed by atoms with van der Waals surface area (Å²) in [5, 5.41) is 11.8. The first-order valence-electron chi connectivity index (χ1n) is 5.07. The second-order valence-electron chi connectivity index (χ2n) is 3.35. The average molecular weight is 270 g/mol. The van der Waals surface area contributed by atoms with Crippen LogP contribution >= 0.6 is 11.6 Å². The number of carboxylic acids is 1. The van der Waals surface area contributed by atoms with Gasteiger partial charge in [0.25, 0.3) is 0 Å². The van der Waals surface area contributed by atoms with E-state index in [0.717, 1.165) is 0 Å². The molecule has 0 heterocycles. The molecule has 0 fully saturated rings. The van der Waals surface area contributed by atoms with Gasteiger partial charge in [0.05, 0.1) is 0 Å². The zero-order chi connectivity index (χ0) is 13.5. The fourth-order valence-corrected chi connectivity index (χ4v) is 1.36. The van der Waals surface area contributed by atoms with Gasteiger partial charge in [0.1, 0.15) is 6.61 Å². The highest BCUT2D eigenvalue weighted by molar-refractivity contribution is 6.30. The van der Waals surface area contributed by atoms with E-state index in [1.807, 2.05) is 0 Å². The highest BCUT2D eigenvalue weighted by Gasteiger charge is 2.22. The molecule has 1 unspecified atom stereocenters. The number of carbonyl (C=O) groups is 2. The molecule has 2 N–H and O–H groups in total. The standard InChI is InChI=1S/C12H12ClNO4/c1-2-7-18-12(17)14-10(11(15)16)8-3-5-9(13)6-4-8/h2-6,10H,1,7H2,(H,14,17)(H,15,16). The molecule has 1 amide bonds. The van der Waals surface area contributed by atoms with E-state index in [-0.39, 0.29) is 6.61 Å². The monoisotopic (exact) mass is 269 g/mol. The van der Waals surface area contributed by atoms with E-state index in [2.05, 4.69) is 16.6 Å². The van der Waals surface area contributed by atoms with E-state index < -0.39 is 18.1 Å². The van der Waals surface area contributed by atoms with Crippen molar-refractivity contribution >= 4 is 23.7 Å². The van der Waals surface area contributed by atoms with E-state index in [1.54, 1.807) is 12.1 Å². The summed E-state index contributed by atoms with van der Waals surface area (Å²) in [6.07, 6.45) is 0.565. The molecule has 0 aromatic heterocycles. The van der Waals surface area contributed by atoms with Crippen molar-refractivity contribution in [3.05, 3.63) is 47.5 Å². The zero-order valence-corrected chi connectivity index (χ0v) is 10.2. The molecule has 0 aliphatic carbocycles. The maximum Gasteiger partial charge on any atom is 0.408 e. The van der Waals surface area contributed by atoms with Gasteiger partial charge in [-0.05, 0) is 17.7 Å². The van der Waals surface area contributed by atoms with Crippen molar-refractivity contribution in [1.82, 2.24) is 5.32 Å². The normalized spacial score (nSPS) is 11.4. The first-order valence-corrected chi connectivity index (χ1v) is 5.45. The summed E-state index contributed by atoms with van der Waals surface area (Å²) < 4.78 is 4.66. The SMILES string of the molecule is C=CCOC(=O)NC(C(=O)O)c1ccc(Cl)cc1. The third kappa shape index (κ3) is 4.10. The molecule has 0 aliphatic rings. The third-order valence-corrected chi connectivity index (χ3v) is 2.30. The molecule has 1 aromatic rings. The maximum atomic E-state index is 11.3. The number of halogens is 1. The summed E-state index contributed by atoms with van der Waals surface area (Å²) in [5.74, 6) is -1.19. The predicted octanol–water partition coefficient (Wildman–Crippen LogP) is 2.38. The van der Waals surface area contributed by atoms with Gasteiger partial charge in [0, 0.05) is 5.02 Å². The molecule has 6 heteroatoms. The fraction of sp³-hybridized carbons (Fsp3) is 0.167. The van der Waals surface area contributed by atoms with Gasteiger partial charge in [0.15, 0.2) is 6.04 Å². The summed E-state index contributed by atoms with van der Waals surface area (Å²) in [4.78, 5) is 22.4. The van der Waals surface area contributed by atoms with Crippen molar-refractivity contribution in [2.24, 2.45) is 0 Å². The lowest BCUT2D eigenvalue weighted by Crippen LogP contribution is -2.34. The van der Waals surface area contributed by atoms with Crippen LogP contribution in [0.5, 0.6) is 0 Å². The Bertz CT molecular complexity index is 444. The highest BCUT2D eigenvalue weighted by atomic mass is 35.5. The fourth-order valence-electron chi connectivity index (χ4n) is 1.24. The Kier molecular flexibility index (Phi) is 5.20. The molecule has 1 rings (SSSR count). The summed E-state index contributed by atoms with van der Waals surface area (Å²) >= 11 is 5.70. The number of carbonyl (C=O) groups excluding carboxylic acids is 1. The van der Waals surface area contributed by atoms with E-state index >= 15 is 0 Å². The number of hydrogen-bond acceptors (Lipinski definition) is 3. The number of ether oxygens (including phenoxy) is 1. The van der Waals surface area contributed by atoms with Crippen LogP contribution in [0.15, 0.2) is 36.9 Å². The van der Waals surface area contributed by atoms with Crippen molar-refractivity contribution in [2.75, 3.05) is 6.61 Å². The Hall–Kier alpha value is -2.01. The lowest BCUT2D eigenvalue weighted by atomic mass is 10.1. The van der Waals surface area contributed by atoms with Crippen LogP contribution in [0, 0.1) is 0 Å².